The van der Waals surface area contributed by atoms with E-state index in [1.165, 1.54) is 135 Å². The molecule has 0 bridgehead atoms. The maximum absolute atomic E-state index is 12.7. The van der Waals surface area contributed by atoms with Gasteiger partial charge in [-0.25, -0.2) is 0 Å². The number of ether oxygens (including phenoxy) is 4. The predicted octanol–water partition coefficient (Wildman–Crippen LogP) is 9.25. The summed E-state index contributed by atoms with van der Waals surface area (Å²) >= 11 is 0. The zero-order valence-corrected chi connectivity index (χ0v) is 33.6. The van der Waals surface area contributed by atoms with Crippen molar-refractivity contribution in [3.8, 4) is 0 Å². The van der Waals surface area contributed by atoms with Crippen LogP contribution in [0.2, 0.25) is 0 Å². The summed E-state index contributed by atoms with van der Waals surface area (Å²) in [5.41, 5.74) is 0. The monoisotopic (exact) mass is 743 g/mol. The molecule has 0 saturated carbocycles. The minimum atomic E-state index is -1.53. The highest BCUT2D eigenvalue weighted by Crippen LogP contribution is 2.22. The second-order valence-electron chi connectivity index (χ2n) is 15.1. The van der Waals surface area contributed by atoms with Crippen LogP contribution in [0.15, 0.2) is 12.2 Å². The van der Waals surface area contributed by atoms with E-state index in [0.717, 1.165) is 38.5 Å². The maximum Gasteiger partial charge on any atom is 0.306 e. The summed E-state index contributed by atoms with van der Waals surface area (Å²) in [5, 5.41) is 40.0. The van der Waals surface area contributed by atoms with Crippen LogP contribution in [-0.4, -0.2) is 89.6 Å². The van der Waals surface area contributed by atoms with E-state index in [1.807, 2.05) is 0 Å². The van der Waals surface area contributed by atoms with E-state index in [0.29, 0.717) is 13.0 Å². The molecular formula is C43H82O9. The Hall–Kier alpha value is -1.07. The summed E-state index contributed by atoms with van der Waals surface area (Å²) in [7, 11) is 0. The van der Waals surface area contributed by atoms with Crippen molar-refractivity contribution in [2.75, 3.05) is 26.4 Å². The summed E-state index contributed by atoms with van der Waals surface area (Å²) in [6, 6.07) is 0. The number of unbranched alkanes of at least 4 members (excludes halogenated alkanes) is 24. The molecule has 0 aromatic carbocycles. The second-order valence-corrected chi connectivity index (χ2v) is 15.1. The van der Waals surface area contributed by atoms with Crippen molar-refractivity contribution in [1.82, 2.24) is 0 Å². The van der Waals surface area contributed by atoms with E-state index in [4.69, 9.17) is 18.9 Å². The normalized spacial score (nSPS) is 21.2. The van der Waals surface area contributed by atoms with E-state index in [9.17, 15) is 25.2 Å². The lowest BCUT2D eigenvalue weighted by molar-refractivity contribution is -0.305. The highest BCUT2D eigenvalue weighted by atomic mass is 16.7. The van der Waals surface area contributed by atoms with Gasteiger partial charge in [0.2, 0.25) is 0 Å². The molecule has 1 aliphatic heterocycles. The molecule has 6 unspecified atom stereocenters. The van der Waals surface area contributed by atoms with Gasteiger partial charge < -0.3 is 39.4 Å². The van der Waals surface area contributed by atoms with Gasteiger partial charge >= 0.3 is 5.97 Å². The lowest BCUT2D eigenvalue weighted by Crippen LogP contribution is -2.59. The van der Waals surface area contributed by atoms with E-state index in [-0.39, 0.29) is 19.2 Å². The van der Waals surface area contributed by atoms with E-state index in [1.54, 1.807) is 0 Å². The smallest absolute Gasteiger partial charge is 0.306 e. The summed E-state index contributed by atoms with van der Waals surface area (Å²) in [6.45, 7) is 4.53. The van der Waals surface area contributed by atoms with Crippen LogP contribution in [0.3, 0.4) is 0 Å². The van der Waals surface area contributed by atoms with Crippen LogP contribution >= 0.6 is 0 Å². The van der Waals surface area contributed by atoms with Gasteiger partial charge in [-0.1, -0.05) is 167 Å². The van der Waals surface area contributed by atoms with Crippen LogP contribution in [0.4, 0.5) is 0 Å². The van der Waals surface area contributed by atoms with Gasteiger partial charge in [-0.05, 0) is 32.1 Å². The van der Waals surface area contributed by atoms with Crippen molar-refractivity contribution >= 4 is 5.97 Å². The topological polar surface area (TPSA) is 135 Å². The van der Waals surface area contributed by atoms with E-state index < -0.39 is 43.4 Å². The molecule has 9 heteroatoms. The van der Waals surface area contributed by atoms with Gasteiger partial charge in [0.25, 0.3) is 0 Å². The largest absolute Gasteiger partial charge is 0.457 e. The fraction of sp³-hybridized carbons (Fsp3) is 0.930. The predicted molar refractivity (Wildman–Crippen MR) is 210 cm³/mol. The van der Waals surface area contributed by atoms with Gasteiger partial charge in [-0.15, -0.1) is 0 Å². The Morgan fingerprint density at radius 2 is 1.08 bits per heavy atom. The Morgan fingerprint density at radius 3 is 1.62 bits per heavy atom. The quantitative estimate of drug-likeness (QED) is 0.0279. The van der Waals surface area contributed by atoms with Crippen LogP contribution < -0.4 is 0 Å². The van der Waals surface area contributed by atoms with Crippen LogP contribution in [0.1, 0.15) is 194 Å². The van der Waals surface area contributed by atoms with Gasteiger partial charge in [0.1, 0.15) is 30.5 Å². The van der Waals surface area contributed by atoms with Crippen molar-refractivity contribution in [2.24, 2.45) is 0 Å². The molecule has 1 heterocycles. The average molecular weight is 743 g/mol. The van der Waals surface area contributed by atoms with Gasteiger partial charge in [0, 0.05) is 13.0 Å². The highest BCUT2D eigenvalue weighted by molar-refractivity contribution is 5.69. The van der Waals surface area contributed by atoms with Crippen molar-refractivity contribution in [1.29, 1.82) is 0 Å². The Kier molecular flexibility index (Phi) is 33.5. The number of aliphatic hydroxyl groups is 4. The Labute approximate surface area is 318 Å². The molecule has 308 valence electrons. The first kappa shape index (κ1) is 48.9. The van der Waals surface area contributed by atoms with Crippen molar-refractivity contribution in [3.63, 3.8) is 0 Å². The number of carbonyl (C=O) groups excluding carboxylic acids is 1. The molecule has 0 aliphatic carbocycles. The Bertz CT molecular complexity index is 807. The molecule has 0 aromatic rings. The minimum absolute atomic E-state index is 0.111. The molecule has 6 atom stereocenters. The Balaban J connectivity index is 2.26. The zero-order chi connectivity index (χ0) is 37.9. The van der Waals surface area contributed by atoms with Gasteiger partial charge in [-0.3, -0.25) is 4.79 Å². The number of esters is 1. The lowest BCUT2D eigenvalue weighted by atomic mass is 9.99. The summed E-state index contributed by atoms with van der Waals surface area (Å²) in [6.07, 6.45) is 30.9. The molecule has 9 nitrogen and oxygen atoms in total. The minimum Gasteiger partial charge on any atom is -0.457 e. The number of hydrogen-bond acceptors (Lipinski definition) is 9. The SMILES string of the molecule is CCCC/C=C\CCCCCCCCOCC(COC1OC(CO)C(O)C(O)C1O)OC(=O)CCCCCCCCCCCCCCCCCCC. The van der Waals surface area contributed by atoms with Crippen LogP contribution in [0.5, 0.6) is 0 Å². The molecule has 1 aliphatic rings. The number of carbonyl (C=O) groups is 1. The highest BCUT2D eigenvalue weighted by Gasteiger charge is 2.44. The standard InChI is InChI=1S/C43H82O9/c1-3-5-7-9-11-13-15-17-18-19-20-21-22-24-26-28-30-32-39(45)51-37(36-50-43-42(48)41(47)40(46)38(34-44)52-43)35-49-33-31-29-27-25-23-16-14-12-10-8-6-4-2/h10,12,37-38,40-44,46-48H,3-9,11,13-36H2,1-2H3/b12-10-. The molecular weight excluding hydrogens is 660 g/mol. The third-order valence-electron chi connectivity index (χ3n) is 10.2. The van der Waals surface area contributed by atoms with Crippen LogP contribution in [0, 0.1) is 0 Å². The maximum atomic E-state index is 12.7. The number of hydrogen-bond donors (Lipinski definition) is 4. The van der Waals surface area contributed by atoms with Crippen molar-refractivity contribution < 1.29 is 44.2 Å². The van der Waals surface area contributed by atoms with Crippen LogP contribution in [0.25, 0.3) is 0 Å². The molecule has 0 aromatic heterocycles. The number of rotatable bonds is 37. The van der Waals surface area contributed by atoms with Gasteiger partial charge in [0.05, 0.1) is 19.8 Å². The first-order chi connectivity index (χ1) is 25.4. The van der Waals surface area contributed by atoms with Gasteiger partial charge in [0.15, 0.2) is 6.29 Å². The summed E-state index contributed by atoms with van der Waals surface area (Å²) in [4.78, 5) is 12.7. The average Bonchev–Trinajstić information content (AvgIpc) is 3.14. The lowest BCUT2D eigenvalue weighted by Gasteiger charge is -2.39. The first-order valence-electron chi connectivity index (χ1n) is 21.8. The van der Waals surface area contributed by atoms with Crippen molar-refractivity contribution in [2.45, 2.75) is 230 Å². The number of aliphatic hydroxyl groups excluding tert-OH is 4. The molecule has 0 spiro atoms. The van der Waals surface area contributed by atoms with E-state index >= 15 is 0 Å². The fourth-order valence-electron chi connectivity index (χ4n) is 6.71. The molecule has 4 N–H and O–H groups in total. The third kappa shape index (κ3) is 26.7. The Morgan fingerprint density at radius 1 is 0.596 bits per heavy atom. The first-order valence-corrected chi connectivity index (χ1v) is 21.8. The summed E-state index contributed by atoms with van der Waals surface area (Å²) < 4.78 is 22.8. The molecule has 0 radical (unpaired) electrons. The molecule has 52 heavy (non-hydrogen) atoms. The second kappa shape index (κ2) is 35.6. The molecule has 1 rings (SSSR count). The van der Waals surface area contributed by atoms with Gasteiger partial charge in [-0.2, -0.15) is 0 Å². The molecule has 0 amide bonds. The molecule has 1 saturated heterocycles. The van der Waals surface area contributed by atoms with E-state index in [2.05, 4.69) is 26.0 Å². The summed E-state index contributed by atoms with van der Waals surface area (Å²) in [5.74, 6) is -0.313. The molecule has 1 fully saturated rings. The number of allylic oxidation sites excluding steroid dienone is 2. The van der Waals surface area contributed by atoms with Crippen molar-refractivity contribution in [3.05, 3.63) is 12.2 Å². The third-order valence-corrected chi connectivity index (χ3v) is 10.2. The van der Waals surface area contributed by atoms with Crippen LogP contribution in [-0.2, 0) is 23.7 Å². The fourth-order valence-corrected chi connectivity index (χ4v) is 6.71. The zero-order valence-electron chi connectivity index (χ0n) is 33.6.